The van der Waals surface area contributed by atoms with Gasteiger partial charge in [-0.15, -0.1) is 0 Å². The number of alkyl halides is 1. The lowest BCUT2D eigenvalue weighted by atomic mass is 9.99. The summed E-state index contributed by atoms with van der Waals surface area (Å²) in [6, 6.07) is 20.5. The molecule has 3 aromatic rings. The first kappa shape index (κ1) is 24.0. The largest absolute Gasteiger partial charge is 0.370 e. The van der Waals surface area contributed by atoms with Gasteiger partial charge in [-0.1, -0.05) is 60.7 Å². The molecule has 0 spiro atoms. The van der Waals surface area contributed by atoms with Crippen LogP contribution >= 0.6 is 0 Å². The average Bonchev–Trinajstić information content (AvgIpc) is 2.85. The molecule has 0 aliphatic rings. The van der Waals surface area contributed by atoms with E-state index in [0.29, 0.717) is 11.1 Å². The Bertz CT molecular complexity index is 1150. The number of hydrogen-bond donors (Lipinski definition) is 4. The van der Waals surface area contributed by atoms with Gasteiger partial charge in [-0.2, -0.15) is 0 Å². The summed E-state index contributed by atoms with van der Waals surface area (Å²) < 4.78 is 12.2. The van der Waals surface area contributed by atoms with E-state index in [1.54, 1.807) is 24.3 Å². The minimum absolute atomic E-state index is 0.0257. The highest BCUT2D eigenvalue weighted by molar-refractivity contribution is 5.96. The molecule has 33 heavy (non-hydrogen) atoms. The maximum absolute atomic E-state index is 13.0. The molecule has 0 aliphatic carbocycles. The summed E-state index contributed by atoms with van der Waals surface area (Å²) >= 11 is 0. The van der Waals surface area contributed by atoms with E-state index in [1.165, 1.54) is 0 Å². The number of benzene rings is 3. The van der Waals surface area contributed by atoms with Crippen molar-refractivity contribution in [3.8, 4) is 0 Å². The van der Waals surface area contributed by atoms with Crippen molar-refractivity contribution < 1.29 is 23.9 Å². The van der Waals surface area contributed by atoms with E-state index in [1.807, 2.05) is 49.4 Å². The smallest absolute Gasteiger partial charge is 0.264 e. The number of Topliss-reactive ketones (excluding diaryl/α,β-unsaturated/α-hetero) is 1. The van der Waals surface area contributed by atoms with Crippen molar-refractivity contribution >= 4 is 28.4 Å². The number of aliphatic hydroxyl groups is 1. The molecule has 0 heterocycles. The number of carbonyl (C=O) groups is 3. The summed E-state index contributed by atoms with van der Waals surface area (Å²) in [4.78, 5) is 35.8. The van der Waals surface area contributed by atoms with Crippen molar-refractivity contribution in [1.82, 2.24) is 16.0 Å². The average molecular weight is 451 g/mol. The van der Waals surface area contributed by atoms with Crippen molar-refractivity contribution in [3.63, 3.8) is 0 Å². The first-order chi connectivity index (χ1) is 15.9. The number of nitrogens with one attached hydrogen (secondary N) is 3. The van der Waals surface area contributed by atoms with Crippen LogP contribution in [-0.4, -0.2) is 42.2 Å². The fourth-order valence-corrected chi connectivity index (χ4v) is 3.51. The zero-order chi connectivity index (χ0) is 23.8. The van der Waals surface area contributed by atoms with E-state index in [-0.39, 0.29) is 18.5 Å². The van der Waals surface area contributed by atoms with Crippen LogP contribution in [-0.2, 0) is 16.1 Å². The van der Waals surface area contributed by atoms with E-state index in [9.17, 15) is 23.9 Å². The Hall–Kier alpha value is -3.62. The van der Waals surface area contributed by atoms with Gasteiger partial charge in [-0.3, -0.25) is 19.7 Å². The quantitative estimate of drug-likeness (QED) is 0.354. The molecule has 8 heteroatoms. The summed E-state index contributed by atoms with van der Waals surface area (Å²) in [5.41, 5.74) is 1.97. The van der Waals surface area contributed by atoms with E-state index in [0.717, 1.165) is 16.3 Å². The minimum Gasteiger partial charge on any atom is -0.370 e. The molecular formula is C25H26FN3O4. The van der Waals surface area contributed by atoms with E-state index in [2.05, 4.69) is 16.0 Å². The van der Waals surface area contributed by atoms with Crippen LogP contribution < -0.4 is 16.0 Å². The summed E-state index contributed by atoms with van der Waals surface area (Å²) in [6.45, 7) is 0.244. The molecule has 4 N–H and O–H groups in total. The Morgan fingerprint density at radius 3 is 2.45 bits per heavy atom. The molecule has 0 bridgehead atoms. The van der Waals surface area contributed by atoms with E-state index >= 15 is 0 Å². The Labute approximate surface area is 191 Å². The van der Waals surface area contributed by atoms with Crippen molar-refractivity contribution in [2.75, 3.05) is 13.2 Å². The van der Waals surface area contributed by atoms with Gasteiger partial charge in [-0.05, 0) is 34.9 Å². The number of carbonyl (C=O) groups excluding carboxylic acids is 3. The standard InChI is InChI=1S/C25H26FN3O4/c1-16(20-12-6-9-17-7-2-4-10-21(17)20)29-23(31)22-11-5-3-8-18(22)14-27-24(32)25(33)28-15-19(30)13-26/h2-12,16,24,27,32H,13-15H2,1H3,(H,28,33)(H,29,31)/t16-,24?/m1/s1. The van der Waals surface area contributed by atoms with Crippen LogP contribution in [0.25, 0.3) is 10.8 Å². The number of ketones is 1. The second-order valence-electron chi connectivity index (χ2n) is 7.59. The van der Waals surface area contributed by atoms with Crippen LogP contribution in [0.3, 0.4) is 0 Å². The van der Waals surface area contributed by atoms with Gasteiger partial charge in [0.05, 0.1) is 12.6 Å². The fourth-order valence-electron chi connectivity index (χ4n) is 3.51. The molecule has 0 aliphatic heterocycles. The molecule has 0 fully saturated rings. The van der Waals surface area contributed by atoms with Crippen LogP contribution in [0.1, 0.15) is 34.5 Å². The van der Waals surface area contributed by atoms with Crippen molar-refractivity contribution in [2.24, 2.45) is 0 Å². The maximum atomic E-state index is 13.0. The lowest BCUT2D eigenvalue weighted by Crippen LogP contribution is -2.45. The molecule has 0 saturated carbocycles. The summed E-state index contributed by atoms with van der Waals surface area (Å²) in [7, 11) is 0. The lowest BCUT2D eigenvalue weighted by molar-refractivity contribution is -0.133. The van der Waals surface area contributed by atoms with Crippen LogP contribution in [0.5, 0.6) is 0 Å². The molecule has 3 rings (SSSR count). The van der Waals surface area contributed by atoms with Gasteiger partial charge in [0.1, 0.15) is 6.67 Å². The van der Waals surface area contributed by atoms with E-state index < -0.39 is 31.1 Å². The number of halogens is 1. The van der Waals surface area contributed by atoms with Crippen LogP contribution in [0, 0.1) is 0 Å². The van der Waals surface area contributed by atoms with E-state index in [4.69, 9.17) is 0 Å². The predicted molar refractivity (Wildman–Crippen MR) is 123 cm³/mol. The molecule has 7 nitrogen and oxygen atoms in total. The highest BCUT2D eigenvalue weighted by Gasteiger charge is 2.19. The third-order valence-corrected chi connectivity index (χ3v) is 5.24. The predicted octanol–water partition coefficient (Wildman–Crippen LogP) is 2.39. The monoisotopic (exact) mass is 451 g/mol. The molecule has 1 unspecified atom stereocenters. The molecule has 0 saturated heterocycles. The Kier molecular flexibility index (Phi) is 8.23. The number of rotatable bonds is 10. The second kappa shape index (κ2) is 11.3. The van der Waals surface area contributed by atoms with Crippen LogP contribution in [0.2, 0.25) is 0 Å². The fraction of sp³-hybridized carbons (Fsp3) is 0.240. The zero-order valence-electron chi connectivity index (χ0n) is 18.2. The molecule has 172 valence electrons. The maximum Gasteiger partial charge on any atom is 0.264 e. The highest BCUT2D eigenvalue weighted by atomic mass is 19.1. The number of hydrogen-bond acceptors (Lipinski definition) is 5. The van der Waals surface area contributed by atoms with Crippen molar-refractivity contribution in [1.29, 1.82) is 0 Å². The SMILES string of the molecule is C[C@@H](NC(=O)c1ccccc1CNC(O)C(=O)NCC(=O)CF)c1cccc2ccccc12. The summed E-state index contributed by atoms with van der Waals surface area (Å²) in [5, 5.41) is 19.9. The molecular weight excluding hydrogens is 425 g/mol. The lowest BCUT2D eigenvalue weighted by Gasteiger charge is -2.19. The Morgan fingerprint density at radius 1 is 0.970 bits per heavy atom. The Balaban J connectivity index is 1.66. The van der Waals surface area contributed by atoms with Crippen molar-refractivity contribution in [3.05, 3.63) is 83.4 Å². The number of aliphatic hydroxyl groups excluding tert-OH is 1. The van der Waals surface area contributed by atoms with Crippen molar-refractivity contribution in [2.45, 2.75) is 25.7 Å². The first-order valence-corrected chi connectivity index (χ1v) is 10.5. The third-order valence-electron chi connectivity index (χ3n) is 5.24. The van der Waals surface area contributed by atoms with Gasteiger partial charge in [0.25, 0.3) is 11.8 Å². The molecule has 0 aromatic heterocycles. The zero-order valence-corrected chi connectivity index (χ0v) is 18.2. The van der Waals surface area contributed by atoms with Gasteiger partial charge in [0.15, 0.2) is 12.0 Å². The summed E-state index contributed by atoms with van der Waals surface area (Å²) in [6.07, 6.45) is -1.62. The number of amides is 2. The second-order valence-corrected chi connectivity index (χ2v) is 7.59. The third kappa shape index (κ3) is 6.21. The van der Waals surface area contributed by atoms with Crippen LogP contribution in [0.15, 0.2) is 66.7 Å². The van der Waals surface area contributed by atoms with Crippen LogP contribution in [0.4, 0.5) is 4.39 Å². The van der Waals surface area contributed by atoms with Gasteiger partial charge < -0.3 is 15.7 Å². The highest BCUT2D eigenvalue weighted by Crippen LogP contribution is 2.24. The first-order valence-electron chi connectivity index (χ1n) is 10.5. The normalized spacial score (nSPS) is 12.7. The van der Waals surface area contributed by atoms with Gasteiger partial charge >= 0.3 is 0 Å². The summed E-state index contributed by atoms with van der Waals surface area (Å²) in [5.74, 6) is -1.94. The van der Waals surface area contributed by atoms with Gasteiger partial charge in [-0.25, -0.2) is 4.39 Å². The number of fused-ring (bicyclic) bond motifs is 1. The molecule has 2 amide bonds. The molecule has 3 aromatic carbocycles. The Morgan fingerprint density at radius 2 is 1.67 bits per heavy atom. The molecule has 2 atom stereocenters. The molecule has 0 radical (unpaired) electrons. The van der Waals surface area contributed by atoms with Gasteiger partial charge in [0, 0.05) is 12.1 Å². The van der Waals surface area contributed by atoms with Gasteiger partial charge in [0.2, 0.25) is 0 Å². The topological polar surface area (TPSA) is 108 Å². The minimum atomic E-state index is -1.62.